The third-order valence-corrected chi connectivity index (χ3v) is 10.5. The summed E-state index contributed by atoms with van der Waals surface area (Å²) >= 11 is 0. The van der Waals surface area contributed by atoms with Crippen molar-refractivity contribution in [1.29, 1.82) is 0 Å². The van der Waals surface area contributed by atoms with E-state index in [1.54, 1.807) is 83.3 Å². The average Bonchev–Trinajstić information content (AvgIpc) is 3.21. The molecule has 3 aromatic carbocycles. The van der Waals surface area contributed by atoms with E-state index >= 15 is 0 Å². The summed E-state index contributed by atoms with van der Waals surface area (Å²) in [7, 11) is 9.21. The minimum atomic E-state index is -1.23. The summed E-state index contributed by atoms with van der Waals surface area (Å²) in [5, 5.41) is 22.6. The SMILES string of the molecule is CC[C@H](C)[C@H](OC(=O)[C@H](Cc1ccc(OC)cc1)N(C)C)C(=O)N[C@H](C(=O)N(C)[C@H](Cc1ccc(O)cc1)C(=O)N(C)[C@@H](Cc1ccc(O)cc1)C(=O)OC)C(C)C. The molecule has 3 aromatic rings. The van der Waals surface area contributed by atoms with Crippen LogP contribution in [0.25, 0.3) is 0 Å². The fourth-order valence-corrected chi connectivity index (χ4v) is 6.43. The molecule has 0 unspecified atom stereocenters. The molecule has 14 heteroatoms. The van der Waals surface area contributed by atoms with E-state index in [4.69, 9.17) is 14.2 Å². The van der Waals surface area contributed by atoms with Crippen molar-refractivity contribution in [3.05, 3.63) is 89.5 Å². The average molecular weight is 805 g/mol. The third-order valence-electron chi connectivity index (χ3n) is 10.5. The predicted octanol–water partition coefficient (Wildman–Crippen LogP) is 3.99. The van der Waals surface area contributed by atoms with Crippen molar-refractivity contribution in [2.24, 2.45) is 11.8 Å². The van der Waals surface area contributed by atoms with Gasteiger partial charge >= 0.3 is 11.9 Å². The van der Waals surface area contributed by atoms with Crippen molar-refractivity contribution >= 4 is 29.7 Å². The van der Waals surface area contributed by atoms with Gasteiger partial charge in [-0.25, -0.2) is 4.79 Å². The highest BCUT2D eigenvalue weighted by Gasteiger charge is 2.40. The van der Waals surface area contributed by atoms with Gasteiger partial charge in [0, 0.05) is 32.9 Å². The standard InChI is InChI=1S/C44H60N4O10/c1-11-28(4)39(58-44(55)36(46(5)6)25-31-16-22-34(56-9)23-17-31)40(51)45-38(27(2)3)42(53)47(7)35(24-29-12-18-32(49)19-13-29)41(52)48(8)37(43(54)57-10)26-30-14-20-33(50)21-15-30/h12-23,27-28,35-39,49-50H,11,24-26H2,1-10H3,(H,45,51)/t28-,35+,36-,37-,38-,39-/m0/s1. The van der Waals surface area contributed by atoms with E-state index in [0.717, 1.165) is 5.56 Å². The van der Waals surface area contributed by atoms with Crippen molar-refractivity contribution in [1.82, 2.24) is 20.0 Å². The first-order valence-electron chi connectivity index (χ1n) is 19.4. The largest absolute Gasteiger partial charge is 0.508 e. The Morgan fingerprint density at radius 2 is 1.09 bits per heavy atom. The van der Waals surface area contributed by atoms with Crippen LogP contribution in [-0.4, -0.2) is 127 Å². The van der Waals surface area contributed by atoms with Crippen molar-refractivity contribution in [2.45, 2.75) is 83.6 Å². The second-order valence-corrected chi connectivity index (χ2v) is 15.2. The van der Waals surface area contributed by atoms with E-state index < -0.39 is 71.8 Å². The van der Waals surface area contributed by atoms with Crippen LogP contribution >= 0.6 is 0 Å². The predicted molar refractivity (Wildman–Crippen MR) is 219 cm³/mol. The molecule has 3 N–H and O–H groups in total. The van der Waals surface area contributed by atoms with Gasteiger partial charge in [0.25, 0.3) is 5.91 Å². The molecule has 0 spiro atoms. The molecule has 0 bridgehead atoms. The number of hydrogen-bond acceptors (Lipinski definition) is 11. The Morgan fingerprint density at radius 1 is 0.638 bits per heavy atom. The van der Waals surface area contributed by atoms with Gasteiger partial charge in [0.2, 0.25) is 11.8 Å². The second kappa shape index (κ2) is 21.8. The van der Waals surface area contributed by atoms with Crippen molar-refractivity contribution in [3.63, 3.8) is 0 Å². The first kappa shape index (κ1) is 46.8. The molecule has 0 fully saturated rings. The third kappa shape index (κ3) is 12.7. The minimum absolute atomic E-state index is 0.00475. The fourth-order valence-electron chi connectivity index (χ4n) is 6.43. The lowest BCUT2D eigenvalue weighted by molar-refractivity contribution is -0.164. The smallest absolute Gasteiger partial charge is 0.328 e. The summed E-state index contributed by atoms with van der Waals surface area (Å²) < 4.78 is 16.3. The maximum atomic E-state index is 14.5. The topological polar surface area (TPSA) is 175 Å². The van der Waals surface area contributed by atoms with Gasteiger partial charge in [-0.2, -0.15) is 0 Å². The summed E-state index contributed by atoms with van der Waals surface area (Å²) in [5.41, 5.74) is 2.15. The second-order valence-electron chi connectivity index (χ2n) is 15.2. The monoisotopic (exact) mass is 804 g/mol. The number of ether oxygens (including phenoxy) is 3. The van der Waals surface area contributed by atoms with Gasteiger partial charge in [-0.05, 0) is 85.9 Å². The number of amides is 3. The summed E-state index contributed by atoms with van der Waals surface area (Å²) in [6.45, 7) is 7.18. The first-order valence-corrected chi connectivity index (χ1v) is 19.4. The molecule has 3 rings (SSSR count). The number of carbonyl (C=O) groups is 5. The van der Waals surface area contributed by atoms with Gasteiger partial charge in [0.05, 0.1) is 14.2 Å². The normalized spacial score (nSPS) is 14.3. The zero-order valence-electron chi connectivity index (χ0n) is 35.3. The highest BCUT2D eigenvalue weighted by atomic mass is 16.6. The van der Waals surface area contributed by atoms with E-state index in [9.17, 15) is 34.2 Å². The van der Waals surface area contributed by atoms with E-state index in [1.807, 2.05) is 19.1 Å². The highest BCUT2D eigenvalue weighted by Crippen LogP contribution is 2.22. The quantitative estimate of drug-likeness (QED) is 0.141. The Morgan fingerprint density at radius 3 is 1.52 bits per heavy atom. The number of hydrogen-bond donors (Lipinski definition) is 3. The van der Waals surface area contributed by atoms with E-state index in [1.165, 1.54) is 55.3 Å². The van der Waals surface area contributed by atoms with Crippen LogP contribution in [0.3, 0.4) is 0 Å². The Bertz CT molecular complexity index is 1820. The van der Waals surface area contributed by atoms with E-state index in [0.29, 0.717) is 29.7 Å². The molecule has 14 nitrogen and oxygen atoms in total. The molecule has 316 valence electrons. The number of benzene rings is 3. The van der Waals surface area contributed by atoms with Crippen molar-refractivity contribution in [2.75, 3.05) is 42.4 Å². The molecule has 3 amide bonds. The highest BCUT2D eigenvalue weighted by molar-refractivity contribution is 5.95. The number of phenolic OH excluding ortho intramolecular Hbond substituents is 2. The number of aromatic hydroxyl groups is 2. The van der Waals surface area contributed by atoms with Crippen LogP contribution in [0.2, 0.25) is 0 Å². The van der Waals surface area contributed by atoms with Crippen LogP contribution in [-0.2, 0) is 52.7 Å². The number of methoxy groups -OCH3 is 2. The number of rotatable bonds is 20. The number of nitrogens with one attached hydrogen (secondary N) is 1. The van der Waals surface area contributed by atoms with Crippen LogP contribution in [0, 0.1) is 11.8 Å². The zero-order valence-corrected chi connectivity index (χ0v) is 35.3. The Labute approximate surface area is 342 Å². The first-order chi connectivity index (χ1) is 27.4. The van der Waals surface area contributed by atoms with Crippen molar-refractivity contribution < 1.29 is 48.4 Å². The van der Waals surface area contributed by atoms with Crippen LogP contribution in [0.4, 0.5) is 0 Å². The maximum absolute atomic E-state index is 14.5. The summed E-state index contributed by atoms with van der Waals surface area (Å²) in [6, 6.07) is 15.6. The van der Waals surface area contributed by atoms with E-state index in [-0.39, 0.29) is 24.3 Å². The molecule has 6 atom stereocenters. The zero-order chi connectivity index (χ0) is 43.3. The molecule has 0 radical (unpaired) electrons. The molecule has 58 heavy (non-hydrogen) atoms. The molecule has 0 aromatic heterocycles. The Balaban J connectivity index is 1.92. The van der Waals surface area contributed by atoms with Crippen LogP contribution in [0.5, 0.6) is 17.2 Å². The molecular weight excluding hydrogens is 745 g/mol. The van der Waals surface area contributed by atoms with Gasteiger partial charge < -0.3 is 39.5 Å². The number of esters is 2. The van der Waals surface area contributed by atoms with Gasteiger partial charge in [0.15, 0.2) is 6.10 Å². The van der Waals surface area contributed by atoms with Crippen molar-refractivity contribution in [3.8, 4) is 17.2 Å². The summed E-state index contributed by atoms with van der Waals surface area (Å²) in [5.74, 6) is -3.22. The van der Waals surface area contributed by atoms with Gasteiger partial charge in [-0.15, -0.1) is 0 Å². The van der Waals surface area contributed by atoms with Crippen LogP contribution in [0.1, 0.15) is 50.8 Å². The molecule has 0 heterocycles. The van der Waals surface area contributed by atoms with Gasteiger partial charge in [-0.1, -0.05) is 64.1 Å². The molecule has 0 aliphatic rings. The van der Waals surface area contributed by atoms with Crippen LogP contribution < -0.4 is 10.1 Å². The Hall–Kier alpha value is -5.63. The van der Waals surface area contributed by atoms with E-state index in [2.05, 4.69) is 5.32 Å². The van der Waals surface area contributed by atoms with Gasteiger partial charge in [0.1, 0.15) is 41.4 Å². The van der Waals surface area contributed by atoms with Gasteiger partial charge in [-0.3, -0.25) is 24.1 Å². The lowest BCUT2D eigenvalue weighted by atomic mass is 9.96. The molecule has 0 aliphatic heterocycles. The lowest BCUT2D eigenvalue weighted by Gasteiger charge is -2.36. The molecular formula is C44H60N4O10. The maximum Gasteiger partial charge on any atom is 0.328 e. The molecule has 0 saturated heterocycles. The molecule has 0 aliphatic carbocycles. The number of phenols is 2. The minimum Gasteiger partial charge on any atom is -0.508 e. The molecule has 0 saturated carbocycles. The van der Waals surface area contributed by atoms with Crippen LogP contribution in [0.15, 0.2) is 72.8 Å². The number of nitrogens with zero attached hydrogens (tertiary/aromatic N) is 3. The number of likely N-dealkylation sites (N-methyl/N-ethyl adjacent to an activating group) is 3. The lowest BCUT2D eigenvalue weighted by Crippen LogP contribution is -2.59. The summed E-state index contributed by atoms with van der Waals surface area (Å²) in [6.07, 6.45) is -0.341. The number of carbonyl (C=O) groups excluding carboxylic acids is 5. The summed E-state index contributed by atoms with van der Waals surface area (Å²) in [4.78, 5) is 74.2. The Kier molecular flexibility index (Phi) is 17.5. The fraction of sp³-hybridized carbons (Fsp3) is 0.477.